The summed E-state index contributed by atoms with van der Waals surface area (Å²) in [7, 11) is -2.97. The first kappa shape index (κ1) is 12.2. The molecular weight excluding hydrogens is 252 g/mol. The monoisotopic (exact) mass is 270 g/mol. The minimum Gasteiger partial charge on any atom is -0.468 e. The average Bonchev–Trinajstić information content (AvgIpc) is 2.92. The lowest BCUT2D eigenvalue weighted by Crippen LogP contribution is -2.47. The third-order valence-electron chi connectivity index (χ3n) is 3.73. The Balaban J connectivity index is 1.78. The molecule has 1 aliphatic heterocycles. The van der Waals surface area contributed by atoms with E-state index in [2.05, 4.69) is 4.90 Å². The van der Waals surface area contributed by atoms with E-state index >= 15 is 0 Å². The molecule has 6 heteroatoms. The van der Waals surface area contributed by atoms with E-state index in [4.69, 9.17) is 10.2 Å². The Morgan fingerprint density at radius 2 is 2.17 bits per heavy atom. The molecule has 2 unspecified atom stereocenters. The van der Waals surface area contributed by atoms with Crippen molar-refractivity contribution < 1.29 is 12.8 Å². The molecule has 0 spiro atoms. The summed E-state index contributed by atoms with van der Waals surface area (Å²) in [4.78, 5) is 2.22. The van der Waals surface area contributed by atoms with Crippen molar-refractivity contribution in [2.45, 2.75) is 37.5 Å². The Bertz CT molecular complexity index is 507. The van der Waals surface area contributed by atoms with Gasteiger partial charge < -0.3 is 10.2 Å². The van der Waals surface area contributed by atoms with Gasteiger partial charge in [0.15, 0.2) is 9.84 Å². The van der Waals surface area contributed by atoms with E-state index in [1.54, 1.807) is 6.26 Å². The van der Waals surface area contributed by atoms with Crippen molar-refractivity contribution in [1.29, 1.82) is 0 Å². The minimum atomic E-state index is -2.97. The largest absolute Gasteiger partial charge is 0.468 e. The third-order valence-corrected chi connectivity index (χ3v) is 5.47. The quantitative estimate of drug-likeness (QED) is 0.855. The maximum atomic E-state index is 11.7. The molecule has 2 fully saturated rings. The molecule has 0 bridgehead atoms. The lowest BCUT2D eigenvalue weighted by molar-refractivity contribution is 0.166. The summed E-state index contributed by atoms with van der Waals surface area (Å²) in [6.45, 7) is 0.658. The van der Waals surface area contributed by atoms with E-state index in [0.717, 1.165) is 18.6 Å². The Morgan fingerprint density at radius 1 is 1.39 bits per heavy atom. The predicted octanol–water partition coefficient (Wildman–Crippen LogP) is 0.368. The maximum Gasteiger partial charge on any atom is 0.153 e. The van der Waals surface area contributed by atoms with Gasteiger partial charge in [0.2, 0.25) is 0 Å². The Labute approximate surface area is 107 Å². The minimum absolute atomic E-state index is 0.0624. The topological polar surface area (TPSA) is 76.5 Å². The summed E-state index contributed by atoms with van der Waals surface area (Å²) < 4.78 is 28.7. The Kier molecular flexibility index (Phi) is 2.96. The van der Waals surface area contributed by atoms with Crippen molar-refractivity contribution in [3.8, 4) is 0 Å². The number of rotatable bonds is 4. The van der Waals surface area contributed by atoms with Crippen LogP contribution >= 0.6 is 0 Å². The first-order valence-electron chi connectivity index (χ1n) is 6.29. The molecule has 2 aliphatic rings. The number of nitrogens with two attached hydrogens (primary N) is 1. The van der Waals surface area contributed by atoms with Crippen LogP contribution in [0, 0.1) is 0 Å². The molecule has 1 aromatic rings. The molecule has 2 N–H and O–H groups in total. The predicted molar refractivity (Wildman–Crippen MR) is 67.7 cm³/mol. The van der Waals surface area contributed by atoms with Crippen LogP contribution in [0.3, 0.4) is 0 Å². The molecule has 100 valence electrons. The molecule has 0 amide bonds. The van der Waals surface area contributed by atoms with E-state index in [1.165, 1.54) is 0 Å². The molecular formula is C12H18N2O3S. The second kappa shape index (κ2) is 4.36. The molecule has 0 aromatic carbocycles. The fraction of sp³-hybridized carbons (Fsp3) is 0.667. The SMILES string of the molecule is NC1CS(=O)(=O)CC1N(Cc1ccco1)C1CC1. The van der Waals surface area contributed by atoms with Gasteiger partial charge in [-0.2, -0.15) is 0 Å². The van der Waals surface area contributed by atoms with Crippen molar-refractivity contribution in [3.63, 3.8) is 0 Å². The summed E-state index contributed by atoms with van der Waals surface area (Å²) in [6.07, 6.45) is 3.90. The summed E-state index contributed by atoms with van der Waals surface area (Å²) >= 11 is 0. The molecule has 1 saturated heterocycles. The molecule has 1 aromatic heterocycles. The van der Waals surface area contributed by atoms with Gasteiger partial charge in [0.1, 0.15) is 5.76 Å². The van der Waals surface area contributed by atoms with E-state index < -0.39 is 9.84 Å². The second-order valence-electron chi connectivity index (χ2n) is 5.29. The van der Waals surface area contributed by atoms with Crippen LogP contribution in [0.25, 0.3) is 0 Å². The van der Waals surface area contributed by atoms with Crippen LogP contribution in [0.1, 0.15) is 18.6 Å². The number of hydrogen-bond donors (Lipinski definition) is 1. The lowest BCUT2D eigenvalue weighted by atomic mass is 10.1. The average molecular weight is 270 g/mol. The summed E-state index contributed by atoms with van der Waals surface area (Å²) in [5.74, 6) is 1.17. The van der Waals surface area contributed by atoms with E-state index in [9.17, 15) is 8.42 Å². The third kappa shape index (κ3) is 2.46. The van der Waals surface area contributed by atoms with E-state index in [1.807, 2.05) is 12.1 Å². The van der Waals surface area contributed by atoms with Crippen LogP contribution in [0.5, 0.6) is 0 Å². The number of sulfone groups is 1. The van der Waals surface area contributed by atoms with Crippen LogP contribution < -0.4 is 5.73 Å². The smallest absolute Gasteiger partial charge is 0.153 e. The number of hydrogen-bond acceptors (Lipinski definition) is 5. The molecule has 1 saturated carbocycles. The first-order chi connectivity index (χ1) is 8.55. The van der Waals surface area contributed by atoms with Gasteiger partial charge in [-0.25, -0.2) is 8.42 Å². The molecule has 18 heavy (non-hydrogen) atoms. The van der Waals surface area contributed by atoms with Crippen molar-refractivity contribution in [3.05, 3.63) is 24.2 Å². The summed E-state index contributed by atoms with van der Waals surface area (Å²) in [5.41, 5.74) is 6.00. The van der Waals surface area contributed by atoms with Gasteiger partial charge in [0.05, 0.1) is 24.3 Å². The highest BCUT2D eigenvalue weighted by atomic mass is 32.2. The first-order valence-corrected chi connectivity index (χ1v) is 8.11. The van der Waals surface area contributed by atoms with Crippen molar-refractivity contribution in [2.24, 2.45) is 5.73 Å². The van der Waals surface area contributed by atoms with Crippen molar-refractivity contribution in [2.75, 3.05) is 11.5 Å². The zero-order valence-electron chi connectivity index (χ0n) is 10.2. The summed E-state index contributed by atoms with van der Waals surface area (Å²) in [6, 6.07) is 3.91. The lowest BCUT2D eigenvalue weighted by Gasteiger charge is -2.29. The second-order valence-corrected chi connectivity index (χ2v) is 7.44. The zero-order chi connectivity index (χ0) is 12.8. The van der Waals surface area contributed by atoms with Crippen molar-refractivity contribution in [1.82, 2.24) is 4.90 Å². The van der Waals surface area contributed by atoms with E-state index in [0.29, 0.717) is 12.6 Å². The van der Waals surface area contributed by atoms with Gasteiger partial charge in [0, 0.05) is 18.1 Å². The molecule has 2 heterocycles. The molecule has 3 rings (SSSR count). The Hall–Kier alpha value is -0.850. The maximum absolute atomic E-state index is 11.7. The van der Waals surface area contributed by atoms with Crippen LogP contribution in [-0.2, 0) is 16.4 Å². The van der Waals surface area contributed by atoms with Crippen LogP contribution in [0.4, 0.5) is 0 Å². The molecule has 2 atom stereocenters. The van der Waals surface area contributed by atoms with Gasteiger partial charge in [-0.15, -0.1) is 0 Å². The van der Waals surface area contributed by atoms with Gasteiger partial charge in [0.25, 0.3) is 0 Å². The van der Waals surface area contributed by atoms with Crippen LogP contribution in [-0.4, -0.2) is 42.9 Å². The Morgan fingerprint density at radius 3 is 2.67 bits per heavy atom. The zero-order valence-corrected chi connectivity index (χ0v) is 11.0. The summed E-state index contributed by atoms with van der Waals surface area (Å²) in [5, 5.41) is 0. The van der Waals surface area contributed by atoms with Gasteiger partial charge in [-0.05, 0) is 25.0 Å². The van der Waals surface area contributed by atoms with Gasteiger partial charge >= 0.3 is 0 Å². The van der Waals surface area contributed by atoms with Crippen LogP contribution in [0.15, 0.2) is 22.8 Å². The number of nitrogens with zero attached hydrogens (tertiary/aromatic N) is 1. The van der Waals surface area contributed by atoms with E-state index in [-0.39, 0.29) is 23.6 Å². The molecule has 0 radical (unpaired) electrons. The van der Waals surface area contributed by atoms with Gasteiger partial charge in [-0.3, -0.25) is 4.90 Å². The fourth-order valence-corrected chi connectivity index (χ4v) is 4.61. The normalized spacial score (nSPS) is 31.0. The number of furan rings is 1. The standard InChI is InChI=1S/C12H18N2O3S/c13-11-7-18(15,16)8-12(11)14(9-3-4-9)6-10-2-1-5-17-10/h1-2,5,9,11-12H,3-4,6-8,13H2. The molecule has 5 nitrogen and oxygen atoms in total. The van der Waals surface area contributed by atoms with Crippen molar-refractivity contribution >= 4 is 9.84 Å². The fourth-order valence-electron chi connectivity index (χ4n) is 2.70. The highest BCUT2D eigenvalue weighted by Gasteiger charge is 2.44. The van der Waals surface area contributed by atoms with Crippen LogP contribution in [0.2, 0.25) is 0 Å². The highest BCUT2D eigenvalue weighted by Crippen LogP contribution is 2.33. The van der Waals surface area contributed by atoms with Gasteiger partial charge in [-0.1, -0.05) is 0 Å². The molecule has 1 aliphatic carbocycles. The highest BCUT2D eigenvalue weighted by molar-refractivity contribution is 7.91.